The number of nitrogens with zero attached hydrogens (tertiary/aromatic N) is 3. The lowest BCUT2D eigenvalue weighted by Crippen LogP contribution is -2.53. The Hall–Kier alpha value is -1.78. The van der Waals surface area contributed by atoms with E-state index in [0.29, 0.717) is 10.7 Å². The van der Waals surface area contributed by atoms with Gasteiger partial charge in [0.15, 0.2) is 0 Å². The number of pyridine rings is 1. The average molecular weight is 345 g/mol. The Morgan fingerprint density at radius 3 is 2.46 bits per heavy atom. The molecule has 1 aliphatic rings. The molecule has 0 saturated carbocycles. The number of hydrogen-bond acceptors (Lipinski definition) is 4. The lowest BCUT2D eigenvalue weighted by Gasteiger charge is -2.43. The van der Waals surface area contributed by atoms with Crippen molar-refractivity contribution in [3.8, 4) is 11.3 Å². The van der Waals surface area contributed by atoms with E-state index in [4.69, 9.17) is 17.3 Å². The molecule has 0 bridgehead atoms. The van der Waals surface area contributed by atoms with Gasteiger partial charge in [0.1, 0.15) is 0 Å². The molecule has 2 N–H and O–H groups in total. The molecular weight excluding hydrogens is 320 g/mol. The summed E-state index contributed by atoms with van der Waals surface area (Å²) in [6, 6.07) is 10.1. The second-order valence-electron chi connectivity index (χ2n) is 7.25. The fourth-order valence-electron chi connectivity index (χ4n) is 3.17. The summed E-state index contributed by atoms with van der Waals surface area (Å²) < 4.78 is 0. The van der Waals surface area contributed by atoms with Crippen LogP contribution in [0.5, 0.6) is 0 Å². The molecule has 0 aliphatic carbocycles. The van der Waals surface area contributed by atoms with E-state index in [2.05, 4.69) is 53.8 Å². The molecule has 0 spiro atoms. The van der Waals surface area contributed by atoms with Crippen molar-refractivity contribution in [2.45, 2.75) is 26.3 Å². The molecule has 128 valence electrons. The van der Waals surface area contributed by atoms with Crippen molar-refractivity contribution in [1.29, 1.82) is 0 Å². The molecule has 1 fully saturated rings. The molecule has 2 aromatic rings. The van der Waals surface area contributed by atoms with Gasteiger partial charge in [-0.25, -0.2) is 0 Å². The van der Waals surface area contributed by atoms with Crippen LogP contribution < -0.4 is 10.6 Å². The monoisotopic (exact) mass is 344 g/mol. The van der Waals surface area contributed by atoms with Crippen molar-refractivity contribution < 1.29 is 0 Å². The molecule has 1 aromatic carbocycles. The largest absolute Gasteiger partial charge is 0.396 e. The Labute approximate surface area is 149 Å². The summed E-state index contributed by atoms with van der Waals surface area (Å²) in [5.41, 5.74) is 9.82. The van der Waals surface area contributed by atoms with Crippen molar-refractivity contribution in [3.63, 3.8) is 0 Å². The highest BCUT2D eigenvalue weighted by Gasteiger charge is 2.26. The summed E-state index contributed by atoms with van der Waals surface area (Å²) in [4.78, 5) is 9.36. The SMILES string of the molecule is CC(C)(C)N1CCN(c2cccc(-c3nccc(Cl)c3N)c2)CC1. The summed E-state index contributed by atoms with van der Waals surface area (Å²) in [7, 11) is 0. The molecule has 5 heteroatoms. The Kier molecular flexibility index (Phi) is 4.70. The zero-order valence-electron chi connectivity index (χ0n) is 14.6. The second-order valence-corrected chi connectivity index (χ2v) is 7.66. The number of halogens is 1. The predicted octanol–water partition coefficient (Wildman–Crippen LogP) is 3.90. The Morgan fingerprint density at radius 2 is 1.79 bits per heavy atom. The number of nitrogen functional groups attached to an aromatic ring is 1. The summed E-state index contributed by atoms with van der Waals surface area (Å²) >= 11 is 6.13. The van der Waals surface area contributed by atoms with Crippen LogP contribution in [0.4, 0.5) is 11.4 Å². The van der Waals surface area contributed by atoms with Crippen LogP contribution in [0, 0.1) is 0 Å². The lowest BCUT2D eigenvalue weighted by atomic mass is 10.0. The van der Waals surface area contributed by atoms with Crippen LogP contribution in [0.3, 0.4) is 0 Å². The van der Waals surface area contributed by atoms with Crippen molar-refractivity contribution in [1.82, 2.24) is 9.88 Å². The minimum atomic E-state index is 0.229. The molecule has 3 rings (SSSR count). The van der Waals surface area contributed by atoms with Gasteiger partial charge in [0, 0.05) is 49.2 Å². The van der Waals surface area contributed by atoms with Gasteiger partial charge in [-0.2, -0.15) is 0 Å². The van der Waals surface area contributed by atoms with Crippen LogP contribution in [0.15, 0.2) is 36.5 Å². The van der Waals surface area contributed by atoms with E-state index in [0.717, 1.165) is 37.4 Å². The number of aromatic nitrogens is 1. The van der Waals surface area contributed by atoms with Crippen LogP contribution in [0.25, 0.3) is 11.3 Å². The normalized spacial score (nSPS) is 16.4. The third-order valence-corrected chi connectivity index (χ3v) is 4.98. The first-order chi connectivity index (χ1) is 11.4. The summed E-state index contributed by atoms with van der Waals surface area (Å²) in [5, 5.41) is 0.546. The Balaban J connectivity index is 1.81. The highest BCUT2D eigenvalue weighted by Crippen LogP contribution is 2.31. The number of anilines is 2. The predicted molar refractivity (Wildman–Crippen MR) is 103 cm³/mol. The molecule has 0 unspecified atom stereocenters. The Bertz CT molecular complexity index is 716. The van der Waals surface area contributed by atoms with Gasteiger partial charge >= 0.3 is 0 Å². The molecule has 24 heavy (non-hydrogen) atoms. The summed E-state index contributed by atoms with van der Waals surface area (Å²) in [6.07, 6.45) is 1.70. The molecule has 2 heterocycles. The lowest BCUT2D eigenvalue weighted by molar-refractivity contribution is 0.128. The summed E-state index contributed by atoms with van der Waals surface area (Å²) in [6.45, 7) is 11.0. The quantitative estimate of drug-likeness (QED) is 0.897. The number of hydrogen-bond donors (Lipinski definition) is 1. The van der Waals surface area contributed by atoms with Gasteiger partial charge in [-0.3, -0.25) is 9.88 Å². The van der Waals surface area contributed by atoms with Gasteiger partial charge in [-0.15, -0.1) is 0 Å². The minimum absolute atomic E-state index is 0.229. The van der Waals surface area contributed by atoms with Crippen molar-refractivity contribution in [2.24, 2.45) is 0 Å². The maximum Gasteiger partial charge on any atom is 0.0947 e. The molecule has 4 nitrogen and oxygen atoms in total. The molecule has 1 aromatic heterocycles. The maximum absolute atomic E-state index is 6.13. The van der Waals surface area contributed by atoms with Gasteiger partial charge in [0.25, 0.3) is 0 Å². The van der Waals surface area contributed by atoms with Crippen molar-refractivity contribution in [2.75, 3.05) is 36.8 Å². The zero-order chi connectivity index (χ0) is 17.3. The molecular formula is C19H25ClN4. The van der Waals surface area contributed by atoms with Crippen LogP contribution in [0.1, 0.15) is 20.8 Å². The number of rotatable bonds is 2. The van der Waals surface area contributed by atoms with E-state index in [9.17, 15) is 0 Å². The van der Waals surface area contributed by atoms with Gasteiger partial charge in [0.05, 0.1) is 16.4 Å². The second kappa shape index (κ2) is 6.61. The third kappa shape index (κ3) is 3.50. The topological polar surface area (TPSA) is 45.4 Å². The third-order valence-electron chi connectivity index (χ3n) is 4.65. The van der Waals surface area contributed by atoms with Crippen molar-refractivity contribution >= 4 is 23.0 Å². The standard InChI is InChI=1S/C19H25ClN4/c1-19(2,3)24-11-9-23(10-12-24)15-6-4-5-14(13-15)18-17(21)16(20)7-8-22-18/h4-8,13H,9-12,21H2,1-3H3. The average Bonchev–Trinajstić information content (AvgIpc) is 2.57. The van der Waals surface area contributed by atoms with Gasteiger partial charge in [0.2, 0.25) is 0 Å². The molecule has 1 aliphatic heterocycles. The number of piperazine rings is 1. The molecule has 0 radical (unpaired) electrons. The highest BCUT2D eigenvalue weighted by molar-refractivity contribution is 6.33. The first-order valence-electron chi connectivity index (χ1n) is 8.36. The number of benzene rings is 1. The fraction of sp³-hybridized carbons (Fsp3) is 0.421. The zero-order valence-corrected chi connectivity index (χ0v) is 15.3. The van der Waals surface area contributed by atoms with Gasteiger partial charge in [-0.05, 0) is 39.0 Å². The van der Waals surface area contributed by atoms with Crippen LogP contribution in [0.2, 0.25) is 5.02 Å². The first-order valence-corrected chi connectivity index (χ1v) is 8.74. The molecule has 0 amide bonds. The van der Waals surface area contributed by atoms with Gasteiger partial charge in [-0.1, -0.05) is 23.7 Å². The van der Waals surface area contributed by atoms with E-state index in [-0.39, 0.29) is 5.54 Å². The minimum Gasteiger partial charge on any atom is -0.396 e. The first kappa shape index (κ1) is 17.1. The number of nitrogens with two attached hydrogens (primary N) is 1. The van der Waals surface area contributed by atoms with E-state index < -0.39 is 0 Å². The van der Waals surface area contributed by atoms with E-state index in [1.54, 1.807) is 12.3 Å². The smallest absolute Gasteiger partial charge is 0.0947 e. The van der Waals surface area contributed by atoms with E-state index in [1.807, 2.05) is 6.07 Å². The highest BCUT2D eigenvalue weighted by atomic mass is 35.5. The van der Waals surface area contributed by atoms with Crippen LogP contribution >= 0.6 is 11.6 Å². The molecule has 0 atom stereocenters. The summed E-state index contributed by atoms with van der Waals surface area (Å²) in [5.74, 6) is 0. The van der Waals surface area contributed by atoms with E-state index >= 15 is 0 Å². The van der Waals surface area contributed by atoms with Crippen LogP contribution in [-0.4, -0.2) is 41.6 Å². The van der Waals surface area contributed by atoms with Crippen molar-refractivity contribution in [3.05, 3.63) is 41.6 Å². The fourth-order valence-corrected chi connectivity index (χ4v) is 3.31. The van der Waals surface area contributed by atoms with Crippen LogP contribution in [-0.2, 0) is 0 Å². The maximum atomic E-state index is 6.13. The van der Waals surface area contributed by atoms with E-state index in [1.165, 1.54) is 5.69 Å². The van der Waals surface area contributed by atoms with Gasteiger partial charge < -0.3 is 10.6 Å². The Morgan fingerprint density at radius 1 is 1.08 bits per heavy atom. The molecule has 1 saturated heterocycles.